The maximum atomic E-state index is 13.5. The number of benzene rings is 1. The Morgan fingerprint density at radius 1 is 0.974 bits per heavy atom. The smallest absolute Gasteiger partial charge is 0.243 e. The summed E-state index contributed by atoms with van der Waals surface area (Å²) < 4.78 is 34.2. The first-order chi connectivity index (χ1) is 18.9. The molecule has 6 rings (SSSR count). The molecule has 0 atom stereocenters. The van der Waals surface area contributed by atoms with Crippen molar-refractivity contribution in [2.75, 3.05) is 81.1 Å². The van der Waals surface area contributed by atoms with Crippen molar-refractivity contribution in [3.05, 3.63) is 42.2 Å². The lowest BCUT2D eigenvalue weighted by atomic mass is 10.1. The van der Waals surface area contributed by atoms with Crippen LogP contribution in [-0.2, 0) is 21.2 Å². The lowest BCUT2D eigenvalue weighted by molar-refractivity contribution is 0.122. The van der Waals surface area contributed by atoms with Crippen LogP contribution < -0.4 is 15.5 Å². The van der Waals surface area contributed by atoms with Crippen LogP contribution in [0.25, 0.3) is 11.3 Å². The summed E-state index contributed by atoms with van der Waals surface area (Å²) in [7, 11) is -3.61. The number of sulfonamides is 1. The molecule has 0 spiro atoms. The molecule has 0 radical (unpaired) electrons. The molecule has 3 aromatic rings. The second kappa shape index (κ2) is 10.6. The highest BCUT2D eigenvalue weighted by atomic mass is 32.2. The lowest BCUT2D eigenvalue weighted by Crippen LogP contribution is -2.48. The van der Waals surface area contributed by atoms with Gasteiger partial charge in [-0.3, -0.25) is 0 Å². The fourth-order valence-corrected chi connectivity index (χ4v) is 6.81. The molecule has 2 fully saturated rings. The second-order valence-electron chi connectivity index (χ2n) is 9.84. The van der Waals surface area contributed by atoms with Crippen molar-refractivity contribution in [1.29, 1.82) is 0 Å². The van der Waals surface area contributed by atoms with Crippen LogP contribution in [0.5, 0.6) is 0 Å². The summed E-state index contributed by atoms with van der Waals surface area (Å²) in [6.45, 7) is 8.75. The average Bonchev–Trinajstić information content (AvgIpc) is 3.42. The van der Waals surface area contributed by atoms with Crippen LogP contribution in [0.1, 0.15) is 12.5 Å². The van der Waals surface area contributed by atoms with Gasteiger partial charge in [-0.25, -0.2) is 23.4 Å². The van der Waals surface area contributed by atoms with Gasteiger partial charge in [0, 0.05) is 75.0 Å². The number of hydrogen-bond donors (Lipinski definition) is 1. The highest BCUT2D eigenvalue weighted by Crippen LogP contribution is 2.39. The molecule has 1 aromatic carbocycles. The summed E-state index contributed by atoms with van der Waals surface area (Å²) in [4.78, 5) is 25.0. The molecule has 2 saturated heterocycles. The molecule has 3 aliphatic heterocycles. The van der Waals surface area contributed by atoms with Crippen LogP contribution in [0, 0.1) is 0 Å². The maximum Gasteiger partial charge on any atom is 0.243 e. The fraction of sp³-hybridized carbons (Fsp3) is 0.462. The number of aromatic nitrogens is 4. The first-order valence-corrected chi connectivity index (χ1v) is 14.8. The van der Waals surface area contributed by atoms with Gasteiger partial charge in [0.25, 0.3) is 0 Å². The molecule has 2 aromatic heterocycles. The Hall–Kier alpha value is -3.39. The number of fused-ring (bicyclic) bond motifs is 1. The largest absolute Gasteiger partial charge is 0.378 e. The molecule has 0 saturated carbocycles. The predicted molar refractivity (Wildman–Crippen MR) is 149 cm³/mol. The van der Waals surface area contributed by atoms with Gasteiger partial charge in [0.1, 0.15) is 5.82 Å². The topological polar surface area (TPSA) is 134 Å². The SMILES string of the molecule is CCN1CCN(S(=O)(=O)c2cccc(N3CCc4c(-c5cnc(N)nc5)nc(N5CCOCC5)nc43)c2)CC1. The van der Waals surface area contributed by atoms with E-state index in [0.29, 0.717) is 63.2 Å². The molecular weight excluding hydrogens is 518 g/mol. The van der Waals surface area contributed by atoms with Crippen LogP contribution in [0.2, 0.25) is 0 Å². The molecule has 13 heteroatoms. The number of hydrogen-bond acceptors (Lipinski definition) is 11. The van der Waals surface area contributed by atoms with Crippen molar-refractivity contribution >= 4 is 33.4 Å². The van der Waals surface area contributed by atoms with E-state index in [9.17, 15) is 8.42 Å². The van der Waals surface area contributed by atoms with Gasteiger partial charge in [0.2, 0.25) is 21.9 Å². The number of anilines is 4. The standard InChI is InChI=1S/C26H33N9O3S/c1-2-32-8-10-34(11-9-32)39(36,37)21-5-3-4-20(16-21)35-7-6-22-23(19-17-28-25(27)29-18-19)30-26(31-24(22)35)33-12-14-38-15-13-33/h3-5,16-18H,2,6-15H2,1H3,(H2,27,28,29). The number of likely N-dealkylation sites (N-methyl/N-ethyl adjacent to an activating group) is 1. The number of nitrogens with zero attached hydrogens (tertiary/aromatic N) is 8. The summed E-state index contributed by atoms with van der Waals surface area (Å²) in [5.41, 5.74) is 9.03. The Balaban J connectivity index is 1.37. The normalized spacial score (nSPS) is 18.9. The Kier molecular flexibility index (Phi) is 7.06. The highest BCUT2D eigenvalue weighted by Gasteiger charge is 2.32. The summed E-state index contributed by atoms with van der Waals surface area (Å²) in [5, 5.41) is 0. The number of rotatable bonds is 6. The van der Waals surface area contributed by atoms with Crippen LogP contribution in [0.15, 0.2) is 41.6 Å². The van der Waals surface area contributed by atoms with Gasteiger partial charge in [0.05, 0.1) is 23.8 Å². The molecule has 12 nitrogen and oxygen atoms in total. The zero-order valence-electron chi connectivity index (χ0n) is 22.0. The van der Waals surface area contributed by atoms with E-state index in [1.807, 2.05) is 6.07 Å². The third-order valence-corrected chi connectivity index (χ3v) is 9.49. The van der Waals surface area contributed by atoms with Crippen molar-refractivity contribution in [2.24, 2.45) is 0 Å². The van der Waals surface area contributed by atoms with E-state index in [1.54, 1.807) is 34.9 Å². The lowest BCUT2D eigenvalue weighted by Gasteiger charge is -2.33. The first-order valence-electron chi connectivity index (χ1n) is 13.4. The molecule has 206 valence electrons. The number of piperazine rings is 1. The molecule has 0 amide bonds. The molecule has 0 unspecified atom stereocenters. The van der Waals surface area contributed by atoms with Gasteiger partial charge in [-0.15, -0.1) is 0 Å². The van der Waals surface area contributed by atoms with Gasteiger partial charge in [-0.2, -0.15) is 9.29 Å². The minimum atomic E-state index is -3.61. The minimum absolute atomic E-state index is 0.202. The number of nitrogens with two attached hydrogens (primary N) is 1. The van der Waals surface area contributed by atoms with E-state index < -0.39 is 10.0 Å². The molecule has 5 heterocycles. The van der Waals surface area contributed by atoms with Crippen molar-refractivity contribution in [3.63, 3.8) is 0 Å². The monoisotopic (exact) mass is 551 g/mol. The van der Waals surface area contributed by atoms with Gasteiger partial charge in [-0.1, -0.05) is 13.0 Å². The van der Waals surface area contributed by atoms with Crippen LogP contribution in [-0.4, -0.2) is 103 Å². The van der Waals surface area contributed by atoms with Crippen molar-refractivity contribution < 1.29 is 13.2 Å². The maximum absolute atomic E-state index is 13.5. The van der Waals surface area contributed by atoms with Crippen LogP contribution in [0.3, 0.4) is 0 Å². The Morgan fingerprint density at radius 3 is 2.44 bits per heavy atom. The van der Waals surface area contributed by atoms with Gasteiger partial charge in [0.15, 0.2) is 0 Å². The van der Waals surface area contributed by atoms with E-state index >= 15 is 0 Å². The molecule has 3 aliphatic rings. The van der Waals surface area contributed by atoms with E-state index in [1.165, 1.54) is 0 Å². The Labute approximate surface area is 228 Å². The van der Waals surface area contributed by atoms with Crippen LogP contribution in [0.4, 0.5) is 23.4 Å². The second-order valence-corrected chi connectivity index (χ2v) is 11.8. The number of nitrogen functional groups attached to an aromatic ring is 1. The molecular formula is C26H33N9O3S. The zero-order chi connectivity index (χ0) is 27.0. The van der Waals surface area contributed by atoms with Gasteiger partial charge < -0.3 is 25.2 Å². The first kappa shape index (κ1) is 25.9. The summed E-state index contributed by atoms with van der Waals surface area (Å²) >= 11 is 0. The quantitative estimate of drug-likeness (QED) is 0.476. The number of ether oxygens (including phenoxy) is 1. The highest BCUT2D eigenvalue weighted by molar-refractivity contribution is 7.89. The van der Waals surface area contributed by atoms with E-state index in [-0.39, 0.29) is 5.95 Å². The third kappa shape index (κ3) is 5.02. The van der Waals surface area contributed by atoms with E-state index in [2.05, 4.69) is 31.6 Å². The molecule has 0 aliphatic carbocycles. The van der Waals surface area contributed by atoms with E-state index in [0.717, 1.165) is 48.0 Å². The summed E-state index contributed by atoms with van der Waals surface area (Å²) in [6.07, 6.45) is 4.07. The molecule has 2 N–H and O–H groups in total. The van der Waals surface area contributed by atoms with Crippen molar-refractivity contribution in [2.45, 2.75) is 18.2 Å². The predicted octanol–water partition coefficient (Wildman–Crippen LogP) is 1.37. The summed E-state index contributed by atoms with van der Waals surface area (Å²) in [5.74, 6) is 1.58. The van der Waals surface area contributed by atoms with Crippen molar-refractivity contribution in [1.82, 2.24) is 29.1 Å². The van der Waals surface area contributed by atoms with E-state index in [4.69, 9.17) is 20.4 Å². The fourth-order valence-electron chi connectivity index (χ4n) is 5.35. The van der Waals surface area contributed by atoms with Gasteiger partial charge >= 0.3 is 0 Å². The van der Waals surface area contributed by atoms with Crippen LogP contribution >= 0.6 is 0 Å². The third-order valence-electron chi connectivity index (χ3n) is 7.60. The summed E-state index contributed by atoms with van der Waals surface area (Å²) in [6, 6.07) is 7.18. The Morgan fingerprint density at radius 2 is 1.72 bits per heavy atom. The molecule has 0 bridgehead atoms. The average molecular weight is 552 g/mol. The Bertz CT molecular complexity index is 1440. The van der Waals surface area contributed by atoms with Crippen molar-refractivity contribution in [3.8, 4) is 11.3 Å². The zero-order valence-corrected chi connectivity index (χ0v) is 22.8. The number of morpholine rings is 1. The van der Waals surface area contributed by atoms with Gasteiger partial charge in [-0.05, 0) is 31.2 Å². The molecule has 39 heavy (non-hydrogen) atoms. The minimum Gasteiger partial charge on any atom is -0.378 e.